The lowest BCUT2D eigenvalue weighted by Crippen LogP contribution is -2.00. The molecule has 1 heterocycles. The molecule has 3 nitrogen and oxygen atoms in total. The summed E-state index contributed by atoms with van der Waals surface area (Å²) in [6, 6.07) is 15.3. The van der Waals surface area contributed by atoms with E-state index in [2.05, 4.69) is 4.98 Å². The molecule has 0 unspecified atom stereocenters. The van der Waals surface area contributed by atoms with Crippen LogP contribution in [0.5, 0.6) is 11.5 Å². The summed E-state index contributed by atoms with van der Waals surface area (Å²) in [6.45, 7) is 0.524. The van der Waals surface area contributed by atoms with E-state index in [-0.39, 0.29) is 5.75 Å². The van der Waals surface area contributed by atoms with Crippen molar-refractivity contribution in [1.29, 1.82) is 0 Å². The number of phenols is 1. The average Bonchev–Trinajstić information content (AvgIpc) is 3.06. The first-order valence-corrected chi connectivity index (χ1v) is 8.06. The van der Waals surface area contributed by atoms with E-state index in [9.17, 15) is 5.11 Å². The van der Waals surface area contributed by atoms with Gasteiger partial charge in [0.15, 0.2) is 0 Å². The van der Waals surface area contributed by atoms with Crippen LogP contribution in [0.1, 0.15) is 16.1 Å². The largest absolute Gasteiger partial charge is 0.508 e. The summed E-state index contributed by atoms with van der Waals surface area (Å²) < 4.78 is 5.92. The molecule has 22 heavy (non-hydrogen) atoms. The van der Waals surface area contributed by atoms with E-state index >= 15 is 0 Å². The van der Waals surface area contributed by atoms with Gasteiger partial charge in [-0.1, -0.05) is 30.3 Å². The fourth-order valence-electron chi connectivity index (χ4n) is 2.26. The minimum Gasteiger partial charge on any atom is -0.508 e. The van der Waals surface area contributed by atoms with Gasteiger partial charge in [0.2, 0.25) is 0 Å². The Hall–Kier alpha value is -2.33. The standard InChI is InChI=1S/C18H17NO2S/c20-16-7-8-17(21-13-14-4-2-1-3-5-14)15(12-16)6-9-18-19-10-11-22-18/h1-5,7-8,10-12,20H,6,9,13H2. The molecule has 0 atom stereocenters. The SMILES string of the molecule is Oc1ccc(OCc2ccccc2)c(CCc2nccs2)c1. The molecule has 0 saturated heterocycles. The predicted molar refractivity (Wildman–Crippen MR) is 88.4 cm³/mol. The van der Waals surface area contributed by atoms with Crippen LogP contribution in [0.3, 0.4) is 0 Å². The lowest BCUT2D eigenvalue weighted by Gasteiger charge is -2.12. The molecule has 0 bridgehead atoms. The van der Waals surface area contributed by atoms with Crippen LogP contribution in [0.4, 0.5) is 0 Å². The fourth-order valence-corrected chi connectivity index (χ4v) is 2.88. The molecule has 0 aliphatic rings. The van der Waals surface area contributed by atoms with Crippen molar-refractivity contribution in [1.82, 2.24) is 4.98 Å². The monoisotopic (exact) mass is 311 g/mol. The number of hydrogen-bond donors (Lipinski definition) is 1. The van der Waals surface area contributed by atoms with Gasteiger partial charge in [-0.3, -0.25) is 0 Å². The average molecular weight is 311 g/mol. The zero-order chi connectivity index (χ0) is 15.2. The molecular weight excluding hydrogens is 294 g/mol. The third-order valence-corrected chi connectivity index (χ3v) is 4.21. The molecule has 0 fully saturated rings. The van der Waals surface area contributed by atoms with Crippen LogP contribution in [0.2, 0.25) is 0 Å². The number of rotatable bonds is 6. The van der Waals surface area contributed by atoms with E-state index in [1.165, 1.54) is 0 Å². The van der Waals surface area contributed by atoms with Crippen LogP contribution in [0.15, 0.2) is 60.1 Å². The molecule has 0 aliphatic carbocycles. The molecule has 3 rings (SSSR count). The molecule has 0 amide bonds. The molecule has 0 spiro atoms. The number of aromatic nitrogens is 1. The molecule has 4 heteroatoms. The minimum atomic E-state index is 0.265. The lowest BCUT2D eigenvalue weighted by atomic mass is 10.1. The Kier molecular flexibility index (Phi) is 4.71. The quantitative estimate of drug-likeness (QED) is 0.741. The second-order valence-corrected chi connectivity index (χ2v) is 5.97. The minimum absolute atomic E-state index is 0.265. The van der Waals surface area contributed by atoms with Crippen LogP contribution in [0.25, 0.3) is 0 Å². The van der Waals surface area contributed by atoms with Crippen molar-refractivity contribution < 1.29 is 9.84 Å². The van der Waals surface area contributed by atoms with Crippen molar-refractivity contribution >= 4 is 11.3 Å². The third-order valence-electron chi connectivity index (χ3n) is 3.37. The molecule has 1 aromatic heterocycles. The first kappa shape index (κ1) is 14.6. The van der Waals surface area contributed by atoms with Crippen LogP contribution < -0.4 is 4.74 Å². The van der Waals surface area contributed by atoms with Gasteiger partial charge in [-0.05, 0) is 35.7 Å². The zero-order valence-corrected chi connectivity index (χ0v) is 12.9. The maximum absolute atomic E-state index is 9.71. The van der Waals surface area contributed by atoms with Crippen molar-refractivity contribution in [2.24, 2.45) is 0 Å². The second kappa shape index (κ2) is 7.09. The smallest absolute Gasteiger partial charge is 0.123 e. The Morgan fingerprint density at radius 3 is 2.68 bits per heavy atom. The van der Waals surface area contributed by atoms with E-state index in [0.29, 0.717) is 6.61 Å². The second-order valence-electron chi connectivity index (χ2n) is 4.99. The lowest BCUT2D eigenvalue weighted by molar-refractivity contribution is 0.302. The highest BCUT2D eigenvalue weighted by molar-refractivity contribution is 7.09. The topological polar surface area (TPSA) is 42.4 Å². The molecular formula is C18H17NO2S. The summed E-state index contributed by atoms with van der Waals surface area (Å²) in [5, 5.41) is 12.8. The van der Waals surface area contributed by atoms with Crippen LogP contribution in [-0.2, 0) is 19.4 Å². The van der Waals surface area contributed by atoms with Crippen molar-refractivity contribution in [2.75, 3.05) is 0 Å². The van der Waals surface area contributed by atoms with Gasteiger partial charge in [-0.2, -0.15) is 0 Å². The van der Waals surface area contributed by atoms with Gasteiger partial charge >= 0.3 is 0 Å². The number of ether oxygens (including phenoxy) is 1. The summed E-state index contributed by atoms with van der Waals surface area (Å²) in [6.07, 6.45) is 3.46. The maximum Gasteiger partial charge on any atom is 0.123 e. The number of aryl methyl sites for hydroxylation is 2. The van der Waals surface area contributed by atoms with Gasteiger partial charge < -0.3 is 9.84 Å². The van der Waals surface area contributed by atoms with Gasteiger partial charge in [0, 0.05) is 18.0 Å². The van der Waals surface area contributed by atoms with Crippen LogP contribution in [-0.4, -0.2) is 10.1 Å². The van der Waals surface area contributed by atoms with Crippen LogP contribution >= 0.6 is 11.3 Å². The number of nitrogens with zero attached hydrogens (tertiary/aromatic N) is 1. The molecule has 0 radical (unpaired) electrons. The zero-order valence-electron chi connectivity index (χ0n) is 12.1. The molecule has 112 valence electrons. The summed E-state index contributed by atoms with van der Waals surface area (Å²) in [4.78, 5) is 4.29. The van der Waals surface area contributed by atoms with E-state index in [0.717, 1.165) is 34.7 Å². The van der Waals surface area contributed by atoms with Crippen molar-refractivity contribution in [2.45, 2.75) is 19.4 Å². The Bertz CT molecular complexity index is 711. The van der Waals surface area contributed by atoms with Crippen molar-refractivity contribution in [3.05, 3.63) is 76.2 Å². The van der Waals surface area contributed by atoms with E-state index in [1.54, 1.807) is 23.5 Å². The number of aromatic hydroxyl groups is 1. The van der Waals surface area contributed by atoms with Gasteiger partial charge in [-0.15, -0.1) is 11.3 Å². The predicted octanol–water partition coefficient (Wildman–Crippen LogP) is 4.21. The first-order valence-electron chi connectivity index (χ1n) is 7.18. The maximum atomic E-state index is 9.71. The van der Waals surface area contributed by atoms with Gasteiger partial charge in [0.25, 0.3) is 0 Å². The van der Waals surface area contributed by atoms with Gasteiger partial charge in [0.1, 0.15) is 18.1 Å². The highest BCUT2D eigenvalue weighted by atomic mass is 32.1. The molecule has 0 saturated carbocycles. The Morgan fingerprint density at radius 2 is 1.91 bits per heavy atom. The molecule has 0 aliphatic heterocycles. The molecule has 1 N–H and O–H groups in total. The summed E-state index contributed by atoms with van der Waals surface area (Å²) >= 11 is 1.65. The summed E-state index contributed by atoms with van der Waals surface area (Å²) in [5.74, 6) is 1.08. The highest BCUT2D eigenvalue weighted by Gasteiger charge is 2.07. The highest BCUT2D eigenvalue weighted by Crippen LogP contribution is 2.26. The van der Waals surface area contributed by atoms with Crippen molar-refractivity contribution in [3.63, 3.8) is 0 Å². The Labute approximate surface area is 133 Å². The number of phenolic OH excluding ortho intramolecular Hbond substituents is 1. The fraction of sp³-hybridized carbons (Fsp3) is 0.167. The third kappa shape index (κ3) is 3.86. The van der Waals surface area contributed by atoms with Gasteiger partial charge in [-0.25, -0.2) is 4.98 Å². The number of hydrogen-bond acceptors (Lipinski definition) is 4. The van der Waals surface area contributed by atoms with Crippen LogP contribution in [0, 0.1) is 0 Å². The van der Waals surface area contributed by atoms with E-state index in [1.807, 2.05) is 48.0 Å². The van der Waals surface area contributed by atoms with Gasteiger partial charge in [0.05, 0.1) is 5.01 Å². The molecule has 3 aromatic rings. The Morgan fingerprint density at radius 1 is 1.05 bits per heavy atom. The van der Waals surface area contributed by atoms with E-state index < -0.39 is 0 Å². The number of benzene rings is 2. The van der Waals surface area contributed by atoms with Crippen molar-refractivity contribution in [3.8, 4) is 11.5 Å². The van der Waals surface area contributed by atoms with E-state index in [4.69, 9.17) is 4.74 Å². The normalized spacial score (nSPS) is 10.5. The summed E-state index contributed by atoms with van der Waals surface area (Å²) in [7, 11) is 0. The Balaban J connectivity index is 1.70. The molecule has 2 aromatic carbocycles. The first-order chi connectivity index (χ1) is 10.8. The number of thiazole rings is 1. The summed E-state index contributed by atoms with van der Waals surface area (Å²) in [5.41, 5.74) is 2.13.